The Labute approximate surface area is 83.8 Å². The van der Waals surface area contributed by atoms with Gasteiger partial charge in [-0.15, -0.1) is 0 Å². The SMILES string of the molecule is NC1CCN(N2CCOCC2=O)CC1. The number of hydrogen-bond donors (Lipinski definition) is 1. The lowest BCUT2D eigenvalue weighted by Gasteiger charge is -2.40. The average Bonchev–Trinajstić information content (AvgIpc) is 2.20. The maximum Gasteiger partial charge on any atom is 0.262 e. The van der Waals surface area contributed by atoms with Gasteiger partial charge in [0.05, 0.1) is 13.2 Å². The van der Waals surface area contributed by atoms with Gasteiger partial charge in [-0.25, -0.2) is 5.01 Å². The van der Waals surface area contributed by atoms with Crippen LogP contribution in [0.1, 0.15) is 12.8 Å². The van der Waals surface area contributed by atoms with Crippen molar-refractivity contribution in [3.05, 3.63) is 0 Å². The van der Waals surface area contributed by atoms with Crippen molar-refractivity contribution in [1.82, 2.24) is 10.0 Å². The first-order chi connectivity index (χ1) is 6.77. The lowest BCUT2D eigenvalue weighted by Crippen LogP contribution is -2.55. The summed E-state index contributed by atoms with van der Waals surface area (Å²) in [6, 6.07) is 0.308. The van der Waals surface area contributed by atoms with Crippen LogP contribution in [0.4, 0.5) is 0 Å². The van der Waals surface area contributed by atoms with Crippen LogP contribution < -0.4 is 5.73 Å². The second-order valence-corrected chi connectivity index (χ2v) is 3.86. The van der Waals surface area contributed by atoms with Crippen LogP contribution in [0.3, 0.4) is 0 Å². The lowest BCUT2D eigenvalue weighted by molar-refractivity contribution is -0.167. The summed E-state index contributed by atoms with van der Waals surface area (Å²) in [5.74, 6) is 0.0757. The van der Waals surface area contributed by atoms with E-state index < -0.39 is 0 Å². The third-order valence-electron chi connectivity index (χ3n) is 2.82. The molecule has 5 heteroatoms. The molecule has 0 spiro atoms. The molecule has 0 atom stereocenters. The van der Waals surface area contributed by atoms with Gasteiger partial charge in [0, 0.05) is 19.1 Å². The normalized spacial score (nSPS) is 26.9. The molecule has 0 aliphatic carbocycles. The van der Waals surface area contributed by atoms with Gasteiger partial charge in [-0.1, -0.05) is 0 Å². The minimum Gasteiger partial charge on any atom is -0.370 e. The number of morpholine rings is 1. The third kappa shape index (κ3) is 2.05. The highest BCUT2D eigenvalue weighted by molar-refractivity contribution is 5.77. The van der Waals surface area contributed by atoms with Crippen molar-refractivity contribution in [1.29, 1.82) is 0 Å². The van der Waals surface area contributed by atoms with E-state index in [1.165, 1.54) is 0 Å². The van der Waals surface area contributed by atoms with E-state index >= 15 is 0 Å². The van der Waals surface area contributed by atoms with Crippen LogP contribution in [0.5, 0.6) is 0 Å². The van der Waals surface area contributed by atoms with Gasteiger partial charge >= 0.3 is 0 Å². The summed E-state index contributed by atoms with van der Waals surface area (Å²) >= 11 is 0. The molecule has 2 saturated heterocycles. The molecule has 0 saturated carbocycles. The van der Waals surface area contributed by atoms with Gasteiger partial charge in [0.1, 0.15) is 6.61 Å². The maximum atomic E-state index is 11.5. The average molecular weight is 199 g/mol. The number of hydrogen-bond acceptors (Lipinski definition) is 4. The van der Waals surface area contributed by atoms with Gasteiger partial charge in [-0.05, 0) is 12.8 Å². The van der Waals surface area contributed by atoms with Crippen molar-refractivity contribution in [2.24, 2.45) is 5.73 Å². The zero-order chi connectivity index (χ0) is 9.97. The Morgan fingerprint density at radius 1 is 1.29 bits per heavy atom. The van der Waals surface area contributed by atoms with Crippen LogP contribution in [-0.4, -0.2) is 54.8 Å². The molecule has 2 N–H and O–H groups in total. The summed E-state index contributed by atoms with van der Waals surface area (Å²) < 4.78 is 5.08. The Bertz CT molecular complexity index is 214. The smallest absolute Gasteiger partial charge is 0.262 e. The molecule has 2 heterocycles. The second-order valence-electron chi connectivity index (χ2n) is 3.86. The highest BCUT2D eigenvalue weighted by Crippen LogP contribution is 2.12. The van der Waals surface area contributed by atoms with Crippen molar-refractivity contribution >= 4 is 5.91 Å². The maximum absolute atomic E-state index is 11.5. The minimum absolute atomic E-state index is 0.0757. The molecule has 0 radical (unpaired) electrons. The molecule has 14 heavy (non-hydrogen) atoms. The van der Waals surface area contributed by atoms with Crippen molar-refractivity contribution in [2.45, 2.75) is 18.9 Å². The summed E-state index contributed by atoms with van der Waals surface area (Å²) in [7, 11) is 0. The molecule has 0 bridgehead atoms. The first-order valence-electron chi connectivity index (χ1n) is 5.16. The van der Waals surface area contributed by atoms with Crippen molar-refractivity contribution in [3.8, 4) is 0 Å². The van der Waals surface area contributed by atoms with Gasteiger partial charge in [-0.2, -0.15) is 0 Å². The van der Waals surface area contributed by atoms with Crippen molar-refractivity contribution in [2.75, 3.05) is 32.8 Å². The van der Waals surface area contributed by atoms with E-state index in [-0.39, 0.29) is 12.5 Å². The molecule has 5 nitrogen and oxygen atoms in total. The Kier molecular flexibility index (Phi) is 3.00. The number of hydrazine groups is 1. The summed E-state index contributed by atoms with van der Waals surface area (Å²) in [4.78, 5) is 11.5. The standard InChI is InChI=1S/C9H17N3O2/c10-8-1-3-11(4-2-8)12-5-6-14-7-9(12)13/h8H,1-7,10H2. The predicted molar refractivity (Wildman–Crippen MR) is 51.3 cm³/mol. The Morgan fingerprint density at radius 3 is 2.64 bits per heavy atom. The summed E-state index contributed by atoms with van der Waals surface area (Å²) in [6.45, 7) is 3.35. The van der Waals surface area contributed by atoms with Gasteiger partial charge in [0.25, 0.3) is 5.91 Å². The monoisotopic (exact) mass is 199 g/mol. The molecular formula is C9H17N3O2. The van der Waals surface area contributed by atoms with E-state index in [0.29, 0.717) is 19.2 Å². The highest BCUT2D eigenvalue weighted by atomic mass is 16.5. The molecule has 2 fully saturated rings. The number of amides is 1. The molecule has 0 unspecified atom stereocenters. The van der Waals surface area contributed by atoms with E-state index in [1.807, 2.05) is 5.01 Å². The van der Waals surface area contributed by atoms with Crippen LogP contribution in [0.2, 0.25) is 0 Å². The molecule has 1 amide bonds. The third-order valence-corrected chi connectivity index (χ3v) is 2.82. The van der Waals surface area contributed by atoms with E-state index in [2.05, 4.69) is 5.01 Å². The Balaban J connectivity index is 1.90. The van der Waals surface area contributed by atoms with Crippen LogP contribution in [-0.2, 0) is 9.53 Å². The number of ether oxygens (including phenoxy) is 1. The molecule has 0 aromatic carbocycles. The fourth-order valence-electron chi connectivity index (χ4n) is 1.94. The Hall–Kier alpha value is -0.650. The van der Waals surface area contributed by atoms with Crippen molar-refractivity contribution in [3.63, 3.8) is 0 Å². The van der Waals surface area contributed by atoms with Gasteiger partial charge in [0.15, 0.2) is 0 Å². The fourth-order valence-corrected chi connectivity index (χ4v) is 1.94. The minimum atomic E-state index is 0.0757. The van der Waals surface area contributed by atoms with Gasteiger partial charge in [-0.3, -0.25) is 9.80 Å². The van der Waals surface area contributed by atoms with Crippen LogP contribution in [0.25, 0.3) is 0 Å². The number of carbonyl (C=O) groups is 1. The molecule has 80 valence electrons. The number of nitrogens with two attached hydrogens (primary N) is 1. The quantitative estimate of drug-likeness (QED) is 0.599. The molecule has 0 aromatic rings. The summed E-state index contributed by atoms with van der Waals surface area (Å²) in [6.07, 6.45) is 1.95. The van der Waals surface area contributed by atoms with E-state index in [1.54, 1.807) is 0 Å². The highest BCUT2D eigenvalue weighted by Gasteiger charge is 2.27. The van der Waals surface area contributed by atoms with E-state index in [4.69, 9.17) is 10.5 Å². The second kappa shape index (κ2) is 4.25. The zero-order valence-corrected chi connectivity index (χ0v) is 8.32. The fraction of sp³-hybridized carbons (Fsp3) is 0.889. The van der Waals surface area contributed by atoms with Gasteiger partial charge < -0.3 is 10.5 Å². The van der Waals surface area contributed by atoms with Crippen LogP contribution >= 0.6 is 0 Å². The number of nitrogens with zero attached hydrogens (tertiary/aromatic N) is 2. The first kappa shape index (κ1) is 9.89. The molecule has 0 aromatic heterocycles. The van der Waals surface area contributed by atoms with Crippen molar-refractivity contribution < 1.29 is 9.53 Å². The Morgan fingerprint density at radius 2 is 2.00 bits per heavy atom. The largest absolute Gasteiger partial charge is 0.370 e. The van der Waals surface area contributed by atoms with E-state index in [0.717, 1.165) is 25.9 Å². The summed E-state index contributed by atoms with van der Waals surface area (Å²) in [5.41, 5.74) is 5.81. The predicted octanol–water partition coefficient (Wildman–Crippen LogP) is -0.817. The summed E-state index contributed by atoms with van der Waals surface area (Å²) in [5, 5.41) is 3.92. The van der Waals surface area contributed by atoms with E-state index in [9.17, 15) is 4.79 Å². The number of carbonyl (C=O) groups excluding carboxylic acids is 1. The number of piperidine rings is 1. The van der Waals surface area contributed by atoms with Crippen LogP contribution in [0.15, 0.2) is 0 Å². The first-order valence-corrected chi connectivity index (χ1v) is 5.16. The number of rotatable bonds is 1. The molecular weight excluding hydrogens is 182 g/mol. The van der Waals surface area contributed by atoms with Gasteiger partial charge in [0.2, 0.25) is 0 Å². The van der Waals surface area contributed by atoms with Crippen LogP contribution in [0, 0.1) is 0 Å². The topological polar surface area (TPSA) is 58.8 Å². The molecule has 2 aliphatic heterocycles. The molecule has 2 aliphatic rings. The molecule has 2 rings (SSSR count). The zero-order valence-electron chi connectivity index (χ0n) is 8.32. The lowest BCUT2D eigenvalue weighted by atomic mass is 10.1.